The molecule has 0 fully saturated rings. The van der Waals surface area contributed by atoms with Crippen molar-refractivity contribution < 1.29 is 22.7 Å². The van der Waals surface area contributed by atoms with E-state index < -0.39 is 28.5 Å². The molecule has 4 aromatic rings. The normalized spacial score (nSPS) is 11.3. The molecule has 0 aliphatic carbocycles. The number of carbonyl (C=O) groups excluding carboxylic acids is 1. The van der Waals surface area contributed by atoms with Gasteiger partial charge in [0.25, 0.3) is 0 Å². The van der Waals surface area contributed by atoms with Crippen molar-refractivity contribution in [2.45, 2.75) is 13.1 Å². The topological polar surface area (TPSA) is 85.2 Å². The predicted molar refractivity (Wildman–Crippen MR) is 127 cm³/mol. The number of hydrogen-bond donors (Lipinski definition) is 2. The summed E-state index contributed by atoms with van der Waals surface area (Å²) >= 11 is 0. The Morgan fingerprint density at radius 1 is 1.03 bits per heavy atom. The highest BCUT2D eigenvalue weighted by atomic mass is 19.4. The summed E-state index contributed by atoms with van der Waals surface area (Å²) in [5.41, 5.74) is -1.11. The van der Waals surface area contributed by atoms with E-state index in [1.807, 2.05) is 6.07 Å². The van der Waals surface area contributed by atoms with Gasteiger partial charge in [-0.15, -0.1) is 0 Å². The lowest BCUT2D eigenvalue weighted by Crippen LogP contribution is -2.21. The molecule has 0 aliphatic heterocycles. The number of aromatic nitrogens is 2. The van der Waals surface area contributed by atoms with E-state index in [4.69, 9.17) is 4.74 Å². The van der Waals surface area contributed by atoms with Crippen molar-refractivity contribution in [1.82, 2.24) is 9.55 Å². The van der Waals surface area contributed by atoms with Crippen LogP contribution >= 0.6 is 0 Å². The van der Waals surface area contributed by atoms with Gasteiger partial charge >= 0.3 is 12.1 Å². The van der Waals surface area contributed by atoms with Crippen LogP contribution in [0.3, 0.4) is 0 Å². The first-order valence-electron chi connectivity index (χ1n) is 10.7. The molecule has 0 amide bonds. The lowest BCUT2D eigenvalue weighted by atomic mass is 10.1. The van der Waals surface area contributed by atoms with Crippen LogP contribution in [0.4, 0.5) is 30.5 Å². The highest BCUT2D eigenvalue weighted by molar-refractivity contribution is 5.86. The Bertz CT molecular complexity index is 1410. The third-order valence-electron chi connectivity index (χ3n) is 5.05. The Hall–Kier alpha value is -4.34. The van der Waals surface area contributed by atoms with Gasteiger partial charge in [0.05, 0.1) is 17.6 Å². The maximum atomic E-state index is 14.1. The number of hydrogen-bond acceptors (Lipinski definition) is 6. The average molecular weight is 482 g/mol. The molecule has 0 aliphatic rings. The van der Waals surface area contributed by atoms with Gasteiger partial charge in [-0.1, -0.05) is 36.4 Å². The molecule has 7 nitrogen and oxygen atoms in total. The van der Waals surface area contributed by atoms with Crippen molar-refractivity contribution in [3.63, 3.8) is 0 Å². The molecule has 0 atom stereocenters. The zero-order chi connectivity index (χ0) is 25.0. The molecule has 0 unspecified atom stereocenters. The molecule has 0 radical (unpaired) electrons. The zero-order valence-electron chi connectivity index (χ0n) is 18.6. The number of nitrogens with one attached hydrogen (secondary N) is 2. The minimum atomic E-state index is -4.84. The lowest BCUT2D eigenvalue weighted by Gasteiger charge is -2.20. The number of halogens is 3. The third kappa shape index (κ3) is 5.26. The number of anilines is 3. The number of para-hydroxylation sites is 2. The Morgan fingerprint density at radius 2 is 1.69 bits per heavy atom. The average Bonchev–Trinajstić information content (AvgIpc) is 2.83. The Balaban J connectivity index is 1.99. The zero-order valence-corrected chi connectivity index (χ0v) is 18.6. The van der Waals surface area contributed by atoms with Crippen molar-refractivity contribution in [2.75, 3.05) is 23.8 Å². The van der Waals surface area contributed by atoms with Crippen LogP contribution in [0.5, 0.6) is 0 Å². The number of carbonyl (C=O) groups is 1. The molecule has 2 N–H and O–H groups in total. The highest BCUT2D eigenvalue weighted by Gasteiger charge is 2.35. The van der Waals surface area contributed by atoms with E-state index in [0.29, 0.717) is 11.4 Å². The van der Waals surface area contributed by atoms with Crippen LogP contribution in [0.15, 0.2) is 77.6 Å². The fraction of sp³-hybridized carbons (Fsp3) is 0.160. The summed E-state index contributed by atoms with van der Waals surface area (Å²) in [6.07, 6.45) is -4.84. The molecular weight excluding hydrogens is 461 g/mol. The maximum absolute atomic E-state index is 14.1. The molecule has 35 heavy (non-hydrogen) atoms. The largest absolute Gasteiger partial charge is 0.465 e. The molecule has 4 rings (SSSR count). The molecule has 0 bridgehead atoms. The van der Waals surface area contributed by atoms with Gasteiger partial charge in [-0.05, 0) is 37.3 Å². The van der Waals surface area contributed by atoms with E-state index in [-0.39, 0.29) is 30.4 Å². The Morgan fingerprint density at radius 3 is 2.31 bits per heavy atom. The number of rotatable bonds is 7. The summed E-state index contributed by atoms with van der Waals surface area (Å²) < 4.78 is 48.5. The lowest BCUT2D eigenvalue weighted by molar-refractivity contribution is -0.141. The number of alkyl halides is 3. The number of pyridine rings is 2. The first kappa shape index (κ1) is 23.8. The van der Waals surface area contributed by atoms with Crippen LogP contribution < -0.4 is 16.1 Å². The maximum Gasteiger partial charge on any atom is 0.417 e. The number of fused-ring (bicyclic) bond motifs is 1. The standard InChI is InChI=1S/C25H21F3N4O3/c1-2-35-22(34)15-29-20-13-18(25(26,27)28)23-19(33)14-21(30-16-9-5-3-6-10-16)32(24(23)31-20)17-11-7-4-8-12-17/h3-14,30H,2,15H2,1H3,(H,29,31). The van der Waals surface area contributed by atoms with Crippen molar-refractivity contribution in [2.24, 2.45) is 0 Å². The third-order valence-corrected chi connectivity index (χ3v) is 5.05. The molecule has 2 aromatic heterocycles. The summed E-state index contributed by atoms with van der Waals surface area (Å²) in [6, 6.07) is 19.3. The monoisotopic (exact) mass is 482 g/mol. The van der Waals surface area contributed by atoms with Gasteiger partial charge in [-0.25, -0.2) is 4.98 Å². The quantitative estimate of drug-likeness (QED) is 0.356. The predicted octanol–water partition coefficient (Wildman–Crippen LogP) is 5.12. The van der Waals surface area contributed by atoms with Gasteiger partial charge in [0.2, 0.25) is 0 Å². The van der Waals surface area contributed by atoms with Crippen LogP contribution in [-0.2, 0) is 15.7 Å². The number of esters is 1. The molecule has 10 heteroatoms. The van der Waals surface area contributed by atoms with Crippen molar-refractivity contribution >= 4 is 34.3 Å². The second-order valence-electron chi connectivity index (χ2n) is 7.47. The smallest absolute Gasteiger partial charge is 0.417 e. The molecule has 2 aromatic carbocycles. The van der Waals surface area contributed by atoms with Gasteiger partial charge in [-0.3, -0.25) is 14.2 Å². The van der Waals surface area contributed by atoms with Crippen LogP contribution in [0.2, 0.25) is 0 Å². The number of nitrogens with zero attached hydrogens (tertiary/aromatic N) is 2. The summed E-state index contributed by atoms with van der Waals surface area (Å²) in [4.78, 5) is 29.1. The van der Waals surface area contributed by atoms with Crippen LogP contribution in [0, 0.1) is 0 Å². The van der Waals surface area contributed by atoms with Crippen LogP contribution in [-0.4, -0.2) is 28.7 Å². The summed E-state index contributed by atoms with van der Waals surface area (Å²) in [7, 11) is 0. The van der Waals surface area contributed by atoms with Gasteiger partial charge in [0.1, 0.15) is 18.2 Å². The first-order chi connectivity index (χ1) is 16.8. The molecule has 180 valence electrons. The fourth-order valence-electron chi connectivity index (χ4n) is 3.60. The van der Waals surface area contributed by atoms with Gasteiger partial charge in [0.15, 0.2) is 11.1 Å². The van der Waals surface area contributed by atoms with Crippen LogP contribution in [0.1, 0.15) is 12.5 Å². The van der Waals surface area contributed by atoms with Gasteiger partial charge in [-0.2, -0.15) is 13.2 Å². The summed E-state index contributed by atoms with van der Waals surface area (Å²) in [6.45, 7) is 1.36. The summed E-state index contributed by atoms with van der Waals surface area (Å²) in [5, 5.41) is 5.09. The molecule has 0 saturated heterocycles. The molecule has 2 heterocycles. The van der Waals surface area contributed by atoms with E-state index in [2.05, 4.69) is 15.6 Å². The van der Waals surface area contributed by atoms with E-state index in [1.165, 1.54) is 4.57 Å². The minimum absolute atomic E-state index is 0.127. The van der Waals surface area contributed by atoms with E-state index >= 15 is 0 Å². The van der Waals surface area contributed by atoms with E-state index in [1.54, 1.807) is 61.5 Å². The highest BCUT2D eigenvalue weighted by Crippen LogP contribution is 2.36. The fourth-order valence-corrected chi connectivity index (χ4v) is 3.60. The summed E-state index contributed by atoms with van der Waals surface area (Å²) in [5.74, 6) is -0.648. The Labute approximate surface area is 198 Å². The minimum Gasteiger partial charge on any atom is -0.465 e. The van der Waals surface area contributed by atoms with Gasteiger partial charge in [0, 0.05) is 17.4 Å². The second kappa shape index (κ2) is 9.88. The van der Waals surface area contributed by atoms with Crippen molar-refractivity contribution in [3.05, 3.63) is 88.6 Å². The SMILES string of the molecule is CCOC(=O)CNc1cc(C(F)(F)F)c2c(=O)cc(Nc3ccccc3)n(-c3ccccc3)c2n1. The Kier molecular flexibility index (Phi) is 6.72. The number of ether oxygens (including phenoxy) is 1. The van der Waals surface area contributed by atoms with Gasteiger partial charge < -0.3 is 15.4 Å². The molecular formula is C25H21F3N4O3. The van der Waals surface area contributed by atoms with Crippen molar-refractivity contribution in [3.8, 4) is 5.69 Å². The molecule has 0 spiro atoms. The van der Waals surface area contributed by atoms with Crippen LogP contribution in [0.25, 0.3) is 16.7 Å². The first-order valence-corrected chi connectivity index (χ1v) is 10.7. The van der Waals surface area contributed by atoms with Crippen molar-refractivity contribution in [1.29, 1.82) is 0 Å². The van der Waals surface area contributed by atoms with E-state index in [0.717, 1.165) is 12.1 Å². The second-order valence-corrected chi connectivity index (χ2v) is 7.47. The van der Waals surface area contributed by atoms with E-state index in [9.17, 15) is 22.8 Å². The number of benzene rings is 2. The molecule has 0 saturated carbocycles.